The third kappa shape index (κ3) is 3.73. The van der Waals surface area contributed by atoms with Crippen LogP contribution in [0.2, 0.25) is 0 Å². The molecule has 0 bridgehead atoms. The van der Waals surface area contributed by atoms with E-state index in [4.69, 9.17) is 15.6 Å². The van der Waals surface area contributed by atoms with Crippen molar-refractivity contribution in [2.45, 2.75) is 44.2 Å². The van der Waals surface area contributed by atoms with Crippen molar-refractivity contribution in [3.05, 3.63) is 0 Å². The summed E-state index contributed by atoms with van der Waals surface area (Å²) in [5.41, 5.74) is 5.27. The molecule has 5 heteroatoms. The van der Waals surface area contributed by atoms with Gasteiger partial charge in [-0.1, -0.05) is 0 Å². The first-order valence-electron chi connectivity index (χ1n) is 5.87. The van der Waals surface area contributed by atoms with Gasteiger partial charge in [0.25, 0.3) is 0 Å². The molecule has 1 amide bonds. The van der Waals surface area contributed by atoms with Crippen LogP contribution in [-0.4, -0.2) is 42.4 Å². The third-order valence-electron chi connectivity index (χ3n) is 3.01. The van der Waals surface area contributed by atoms with Crippen LogP contribution in [0.25, 0.3) is 0 Å². The molecule has 0 saturated carbocycles. The van der Waals surface area contributed by atoms with Crippen molar-refractivity contribution in [3.8, 4) is 0 Å². The standard InChI is InChI=1S/C11H22N2O3/c1-9(3-2-6-14)13-10(15)11(12)4-7-16-8-5-11/h9,14H,2-8,12H2,1H3,(H,13,15). The van der Waals surface area contributed by atoms with E-state index in [1.807, 2.05) is 6.92 Å². The summed E-state index contributed by atoms with van der Waals surface area (Å²) in [6.45, 7) is 3.18. The minimum Gasteiger partial charge on any atom is -0.396 e. The Morgan fingerprint density at radius 3 is 2.75 bits per heavy atom. The number of hydrogen-bond donors (Lipinski definition) is 3. The molecule has 1 saturated heterocycles. The van der Waals surface area contributed by atoms with Gasteiger partial charge in [-0.05, 0) is 32.6 Å². The zero-order chi connectivity index (χ0) is 12.0. The van der Waals surface area contributed by atoms with Gasteiger partial charge in [0.15, 0.2) is 0 Å². The summed E-state index contributed by atoms with van der Waals surface area (Å²) in [5.74, 6) is -0.0961. The van der Waals surface area contributed by atoms with Crippen LogP contribution in [0.3, 0.4) is 0 Å². The number of nitrogens with two attached hydrogens (primary N) is 1. The number of rotatable bonds is 5. The molecule has 1 aliphatic rings. The molecule has 0 radical (unpaired) electrons. The highest BCUT2D eigenvalue weighted by Crippen LogP contribution is 2.18. The maximum Gasteiger partial charge on any atom is 0.240 e. The summed E-state index contributed by atoms with van der Waals surface area (Å²) in [4.78, 5) is 11.9. The van der Waals surface area contributed by atoms with Crippen molar-refractivity contribution >= 4 is 5.91 Å². The Hall–Kier alpha value is -0.650. The summed E-state index contributed by atoms with van der Waals surface area (Å²) < 4.78 is 5.19. The van der Waals surface area contributed by atoms with Gasteiger partial charge >= 0.3 is 0 Å². The van der Waals surface area contributed by atoms with Gasteiger partial charge < -0.3 is 20.9 Å². The number of hydrogen-bond acceptors (Lipinski definition) is 4. The predicted octanol–water partition coefficient (Wildman–Crippen LogP) is -0.228. The van der Waals surface area contributed by atoms with E-state index >= 15 is 0 Å². The van der Waals surface area contributed by atoms with E-state index in [2.05, 4.69) is 5.32 Å². The second-order valence-corrected chi connectivity index (χ2v) is 4.51. The fraction of sp³-hybridized carbons (Fsp3) is 0.909. The van der Waals surface area contributed by atoms with E-state index in [-0.39, 0.29) is 18.6 Å². The number of carbonyl (C=O) groups excluding carboxylic acids is 1. The van der Waals surface area contributed by atoms with Gasteiger partial charge in [0.05, 0.1) is 5.54 Å². The SMILES string of the molecule is CC(CCCO)NC(=O)C1(N)CCOCC1. The Morgan fingerprint density at radius 2 is 2.19 bits per heavy atom. The summed E-state index contributed by atoms with van der Waals surface area (Å²) in [6.07, 6.45) is 2.62. The highest BCUT2D eigenvalue weighted by atomic mass is 16.5. The maximum atomic E-state index is 11.9. The van der Waals surface area contributed by atoms with Gasteiger partial charge in [-0.2, -0.15) is 0 Å². The molecule has 0 aromatic carbocycles. The molecule has 5 nitrogen and oxygen atoms in total. The molecule has 1 fully saturated rings. The van der Waals surface area contributed by atoms with Gasteiger partial charge in [0, 0.05) is 25.9 Å². The Morgan fingerprint density at radius 1 is 1.56 bits per heavy atom. The number of aliphatic hydroxyl groups excluding tert-OH is 1. The predicted molar refractivity (Wildman–Crippen MR) is 60.9 cm³/mol. The average molecular weight is 230 g/mol. The smallest absolute Gasteiger partial charge is 0.240 e. The number of nitrogens with one attached hydrogen (secondary N) is 1. The van der Waals surface area contributed by atoms with Gasteiger partial charge in [0.2, 0.25) is 5.91 Å². The molecule has 1 atom stereocenters. The number of carbonyl (C=O) groups is 1. The van der Waals surface area contributed by atoms with E-state index in [0.717, 1.165) is 6.42 Å². The lowest BCUT2D eigenvalue weighted by Gasteiger charge is -2.32. The van der Waals surface area contributed by atoms with E-state index in [1.165, 1.54) is 0 Å². The lowest BCUT2D eigenvalue weighted by atomic mass is 9.90. The van der Waals surface area contributed by atoms with Gasteiger partial charge in [-0.15, -0.1) is 0 Å². The molecule has 4 N–H and O–H groups in total. The molecule has 16 heavy (non-hydrogen) atoms. The molecule has 1 heterocycles. The Labute approximate surface area is 96.3 Å². The zero-order valence-electron chi connectivity index (χ0n) is 9.87. The van der Waals surface area contributed by atoms with Gasteiger partial charge in [0.1, 0.15) is 0 Å². The summed E-state index contributed by atoms with van der Waals surface area (Å²) in [5, 5.41) is 11.6. The van der Waals surface area contributed by atoms with E-state index in [0.29, 0.717) is 32.5 Å². The van der Waals surface area contributed by atoms with Crippen molar-refractivity contribution in [2.24, 2.45) is 5.73 Å². The van der Waals surface area contributed by atoms with Crippen LogP contribution >= 0.6 is 0 Å². The molecular formula is C11H22N2O3. The zero-order valence-corrected chi connectivity index (χ0v) is 9.87. The first kappa shape index (κ1) is 13.4. The highest BCUT2D eigenvalue weighted by Gasteiger charge is 2.36. The van der Waals surface area contributed by atoms with E-state index in [1.54, 1.807) is 0 Å². The van der Waals surface area contributed by atoms with Crippen LogP contribution in [0.1, 0.15) is 32.6 Å². The quantitative estimate of drug-likeness (QED) is 0.609. The Kier molecular flexibility index (Phi) is 5.18. The van der Waals surface area contributed by atoms with Gasteiger partial charge in [-0.3, -0.25) is 4.79 Å². The molecule has 0 aliphatic carbocycles. The Bertz CT molecular complexity index is 227. The number of ether oxygens (including phenoxy) is 1. The highest BCUT2D eigenvalue weighted by molar-refractivity contribution is 5.86. The molecule has 1 unspecified atom stereocenters. The van der Waals surface area contributed by atoms with E-state index < -0.39 is 5.54 Å². The minimum atomic E-state index is -0.772. The van der Waals surface area contributed by atoms with Crippen molar-refractivity contribution in [3.63, 3.8) is 0 Å². The minimum absolute atomic E-state index is 0.0583. The van der Waals surface area contributed by atoms with Crippen LogP contribution in [-0.2, 0) is 9.53 Å². The Balaban J connectivity index is 2.38. The molecule has 1 aliphatic heterocycles. The molecular weight excluding hydrogens is 208 g/mol. The molecule has 1 rings (SSSR count). The molecule has 0 spiro atoms. The topological polar surface area (TPSA) is 84.6 Å². The second-order valence-electron chi connectivity index (χ2n) is 4.51. The fourth-order valence-electron chi connectivity index (χ4n) is 1.80. The summed E-state index contributed by atoms with van der Waals surface area (Å²) in [6, 6.07) is 0.0583. The van der Waals surface area contributed by atoms with Crippen molar-refractivity contribution < 1.29 is 14.6 Å². The van der Waals surface area contributed by atoms with Gasteiger partial charge in [-0.25, -0.2) is 0 Å². The summed E-state index contributed by atoms with van der Waals surface area (Å²) in [7, 11) is 0. The average Bonchev–Trinajstić information content (AvgIpc) is 2.27. The number of amides is 1. The summed E-state index contributed by atoms with van der Waals surface area (Å²) >= 11 is 0. The van der Waals surface area contributed by atoms with E-state index in [9.17, 15) is 4.79 Å². The van der Waals surface area contributed by atoms with Crippen molar-refractivity contribution in [1.82, 2.24) is 5.32 Å². The maximum absolute atomic E-state index is 11.9. The first-order chi connectivity index (χ1) is 7.58. The molecule has 94 valence electrons. The third-order valence-corrected chi connectivity index (χ3v) is 3.01. The lowest BCUT2D eigenvalue weighted by Crippen LogP contribution is -2.58. The second kappa shape index (κ2) is 6.18. The van der Waals surface area contributed by atoms with Crippen LogP contribution in [0.5, 0.6) is 0 Å². The number of aliphatic hydroxyl groups is 1. The monoisotopic (exact) mass is 230 g/mol. The van der Waals surface area contributed by atoms with Crippen LogP contribution in [0.4, 0.5) is 0 Å². The van der Waals surface area contributed by atoms with Crippen LogP contribution in [0.15, 0.2) is 0 Å². The molecule has 0 aromatic heterocycles. The van der Waals surface area contributed by atoms with Crippen molar-refractivity contribution in [2.75, 3.05) is 19.8 Å². The van der Waals surface area contributed by atoms with Crippen LogP contribution < -0.4 is 11.1 Å². The van der Waals surface area contributed by atoms with Crippen molar-refractivity contribution in [1.29, 1.82) is 0 Å². The fourth-order valence-corrected chi connectivity index (χ4v) is 1.80. The largest absolute Gasteiger partial charge is 0.396 e. The lowest BCUT2D eigenvalue weighted by molar-refractivity contribution is -0.130. The van der Waals surface area contributed by atoms with Crippen LogP contribution in [0, 0.1) is 0 Å². The normalized spacial score (nSPS) is 21.4. The molecule has 0 aromatic rings. The first-order valence-corrected chi connectivity index (χ1v) is 5.87.